The smallest absolute Gasteiger partial charge is 0.191 e. The Morgan fingerprint density at radius 3 is 2.77 bits per heavy atom. The van der Waals surface area contributed by atoms with E-state index in [0.717, 1.165) is 30.5 Å². The fourth-order valence-corrected chi connectivity index (χ4v) is 3.32. The first-order valence-electron chi connectivity index (χ1n) is 8.44. The van der Waals surface area contributed by atoms with Gasteiger partial charge in [0.2, 0.25) is 0 Å². The number of aryl methyl sites for hydroxylation is 1. The summed E-state index contributed by atoms with van der Waals surface area (Å²) in [7, 11) is -1.22. The van der Waals surface area contributed by atoms with Crippen LogP contribution in [0.25, 0.3) is 11.0 Å². The Bertz CT molecular complexity index is 819. The SMILES string of the molecule is CN=C(NCCCn1cnc2ccccc21)NC(C)CCS(C)(=O)=O.I. The average molecular weight is 493 g/mol. The van der Waals surface area contributed by atoms with E-state index >= 15 is 0 Å². The van der Waals surface area contributed by atoms with Crippen LogP contribution in [0.5, 0.6) is 0 Å². The number of hydrogen-bond donors (Lipinski definition) is 2. The van der Waals surface area contributed by atoms with Crippen LogP contribution in [0.4, 0.5) is 0 Å². The molecule has 0 amide bonds. The lowest BCUT2D eigenvalue weighted by Crippen LogP contribution is -2.43. The second kappa shape index (κ2) is 10.7. The van der Waals surface area contributed by atoms with Gasteiger partial charge < -0.3 is 15.2 Å². The maximum atomic E-state index is 11.2. The molecule has 0 aliphatic rings. The third-order valence-electron chi connectivity index (χ3n) is 3.92. The van der Waals surface area contributed by atoms with Crippen molar-refractivity contribution in [3.63, 3.8) is 0 Å². The molecule has 0 aliphatic carbocycles. The van der Waals surface area contributed by atoms with E-state index in [1.807, 2.05) is 31.5 Å². The van der Waals surface area contributed by atoms with E-state index in [1.165, 1.54) is 6.26 Å². The van der Waals surface area contributed by atoms with Gasteiger partial charge in [-0.05, 0) is 31.9 Å². The number of aromatic nitrogens is 2. The van der Waals surface area contributed by atoms with Gasteiger partial charge in [-0.1, -0.05) is 12.1 Å². The number of nitrogens with zero attached hydrogens (tertiary/aromatic N) is 3. The molecule has 0 saturated heterocycles. The number of imidazole rings is 1. The minimum atomic E-state index is -2.93. The summed E-state index contributed by atoms with van der Waals surface area (Å²) >= 11 is 0. The topological polar surface area (TPSA) is 88.4 Å². The number of rotatable bonds is 8. The standard InChI is InChI=1S/C17H27N5O2S.HI/c1-14(9-12-25(3,23)24)21-17(18-2)19-10-6-11-22-13-20-15-7-4-5-8-16(15)22;/h4-5,7-8,13-14H,6,9-12H2,1-3H3,(H2,18,19,21);1H. The molecule has 2 rings (SSSR count). The van der Waals surface area contributed by atoms with Crippen molar-refractivity contribution in [2.45, 2.75) is 32.4 Å². The number of sulfone groups is 1. The molecule has 26 heavy (non-hydrogen) atoms. The van der Waals surface area contributed by atoms with E-state index in [4.69, 9.17) is 0 Å². The van der Waals surface area contributed by atoms with Crippen molar-refractivity contribution in [2.24, 2.45) is 4.99 Å². The van der Waals surface area contributed by atoms with Gasteiger partial charge in [0, 0.05) is 32.4 Å². The highest BCUT2D eigenvalue weighted by Crippen LogP contribution is 2.11. The number of aliphatic imine (C=N–C) groups is 1. The van der Waals surface area contributed by atoms with E-state index in [1.54, 1.807) is 7.05 Å². The molecule has 1 atom stereocenters. The minimum Gasteiger partial charge on any atom is -0.356 e. The molecule has 2 aromatic rings. The molecule has 1 heterocycles. The Morgan fingerprint density at radius 2 is 2.08 bits per heavy atom. The van der Waals surface area contributed by atoms with Gasteiger partial charge in [0.05, 0.1) is 23.1 Å². The molecule has 1 aromatic carbocycles. The lowest BCUT2D eigenvalue weighted by Gasteiger charge is -2.17. The van der Waals surface area contributed by atoms with Crippen LogP contribution in [0.3, 0.4) is 0 Å². The van der Waals surface area contributed by atoms with Gasteiger partial charge in [0.15, 0.2) is 5.96 Å². The van der Waals surface area contributed by atoms with Crippen LogP contribution in [0.2, 0.25) is 0 Å². The van der Waals surface area contributed by atoms with Gasteiger partial charge in [-0.25, -0.2) is 13.4 Å². The van der Waals surface area contributed by atoms with E-state index in [9.17, 15) is 8.42 Å². The van der Waals surface area contributed by atoms with E-state index in [2.05, 4.69) is 31.2 Å². The van der Waals surface area contributed by atoms with Gasteiger partial charge in [0.25, 0.3) is 0 Å². The summed E-state index contributed by atoms with van der Waals surface area (Å²) in [5.74, 6) is 0.864. The zero-order valence-electron chi connectivity index (χ0n) is 15.5. The number of para-hydroxylation sites is 2. The van der Waals surface area contributed by atoms with Gasteiger partial charge in [-0.15, -0.1) is 24.0 Å². The van der Waals surface area contributed by atoms with Gasteiger partial charge in [0.1, 0.15) is 9.84 Å². The molecule has 146 valence electrons. The minimum absolute atomic E-state index is 0. The van der Waals surface area contributed by atoms with Crippen LogP contribution in [0.1, 0.15) is 19.8 Å². The van der Waals surface area contributed by atoms with Gasteiger partial charge in [-0.2, -0.15) is 0 Å². The molecule has 1 unspecified atom stereocenters. The highest BCUT2D eigenvalue weighted by molar-refractivity contribution is 14.0. The Morgan fingerprint density at radius 1 is 1.35 bits per heavy atom. The highest BCUT2D eigenvalue weighted by Gasteiger charge is 2.09. The van der Waals surface area contributed by atoms with Gasteiger partial charge >= 0.3 is 0 Å². The highest BCUT2D eigenvalue weighted by atomic mass is 127. The van der Waals surface area contributed by atoms with Crippen molar-refractivity contribution < 1.29 is 8.42 Å². The Balaban J connectivity index is 0.00000338. The molecule has 7 nitrogen and oxygen atoms in total. The van der Waals surface area contributed by atoms with Crippen molar-refractivity contribution in [3.05, 3.63) is 30.6 Å². The number of halogens is 1. The molecular weight excluding hydrogens is 465 g/mol. The summed E-state index contributed by atoms with van der Waals surface area (Å²) in [6.45, 7) is 3.59. The van der Waals surface area contributed by atoms with Crippen molar-refractivity contribution in [2.75, 3.05) is 25.6 Å². The predicted molar refractivity (Wildman–Crippen MR) is 118 cm³/mol. The molecule has 0 fully saturated rings. The zero-order valence-corrected chi connectivity index (χ0v) is 18.6. The fourth-order valence-electron chi connectivity index (χ4n) is 2.54. The van der Waals surface area contributed by atoms with Crippen molar-refractivity contribution in [1.29, 1.82) is 0 Å². The fraction of sp³-hybridized carbons (Fsp3) is 0.529. The number of benzene rings is 1. The summed E-state index contributed by atoms with van der Waals surface area (Å²) in [5, 5.41) is 6.48. The third-order valence-corrected chi connectivity index (χ3v) is 4.90. The normalized spacial score (nSPS) is 13.3. The first-order chi connectivity index (χ1) is 11.9. The molecule has 9 heteroatoms. The van der Waals surface area contributed by atoms with Crippen molar-refractivity contribution in [3.8, 4) is 0 Å². The molecule has 1 aromatic heterocycles. The molecule has 0 aliphatic heterocycles. The van der Waals surface area contributed by atoms with Crippen LogP contribution in [0.15, 0.2) is 35.6 Å². The maximum absolute atomic E-state index is 11.2. The first-order valence-corrected chi connectivity index (χ1v) is 10.5. The van der Waals surface area contributed by atoms with E-state index < -0.39 is 9.84 Å². The molecular formula is C17H28IN5O2S. The summed E-state index contributed by atoms with van der Waals surface area (Å²) in [6, 6.07) is 8.12. The monoisotopic (exact) mass is 493 g/mol. The van der Waals surface area contributed by atoms with Crippen LogP contribution in [0, 0.1) is 0 Å². The largest absolute Gasteiger partial charge is 0.356 e. The number of guanidine groups is 1. The molecule has 0 spiro atoms. The molecule has 0 saturated carbocycles. The Kier molecular flexibility index (Phi) is 9.34. The summed E-state index contributed by atoms with van der Waals surface area (Å²) < 4.78 is 24.6. The summed E-state index contributed by atoms with van der Waals surface area (Å²) in [6.07, 6.45) is 4.61. The van der Waals surface area contributed by atoms with Crippen LogP contribution in [-0.4, -0.2) is 55.6 Å². The van der Waals surface area contributed by atoms with Crippen molar-refractivity contribution >= 4 is 50.8 Å². The number of hydrogen-bond acceptors (Lipinski definition) is 4. The second-order valence-corrected chi connectivity index (χ2v) is 8.50. The Labute approximate surface area is 172 Å². The predicted octanol–water partition coefficient (Wildman–Crippen LogP) is 2.03. The van der Waals surface area contributed by atoms with Crippen LogP contribution < -0.4 is 10.6 Å². The molecule has 0 bridgehead atoms. The zero-order chi connectivity index (χ0) is 18.3. The van der Waals surface area contributed by atoms with Crippen molar-refractivity contribution in [1.82, 2.24) is 20.2 Å². The lowest BCUT2D eigenvalue weighted by atomic mass is 10.3. The third kappa shape index (κ3) is 7.48. The van der Waals surface area contributed by atoms with Crippen LogP contribution in [-0.2, 0) is 16.4 Å². The maximum Gasteiger partial charge on any atom is 0.191 e. The van der Waals surface area contributed by atoms with Crippen LogP contribution >= 0.6 is 24.0 Å². The lowest BCUT2D eigenvalue weighted by molar-refractivity contribution is 0.578. The van der Waals surface area contributed by atoms with E-state index in [-0.39, 0.29) is 35.8 Å². The summed E-state index contributed by atoms with van der Waals surface area (Å²) in [5.41, 5.74) is 2.15. The average Bonchev–Trinajstić information content (AvgIpc) is 2.98. The quantitative estimate of drug-likeness (QED) is 0.254. The van der Waals surface area contributed by atoms with E-state index in [0.29, 0.717) is 12.4 Å². The first kappa shape index (κ1) is 22.7. The molecule has 0 radical (unpaired) electrons. The number of fused-ring (bicyclic) bond motifs is 1. The Hall–Kier alpha value is -1.36. The van der Waals surface area contributed by atoms with Gasteiger partial charge in [-0.3, -0.25) is 4.99 Å². The number of nitrogens with one attached hydrogen (secondary N) is 2. The second-order valence-electron chi connectivity index (χ2n) is 6.24. The molecule has 2 N–H and O–H groups in total. The summed E-state index contributed by atoms with van der Waals surface area (Å²) in [4.78, 5) is 8.57.